The van der Waals surface area contributed by atoms with E-state index in [-0.39, 0.29) is 24.3 Å². The van der Waals surface area contributed by atoms with Gasteiger partial charge < -0.3 is 15.0 Å². The number of nitrogens with zero attached hydrogens (tertiary/aromatic N) is 2. The topological polar surface area (TPSA) is 87.3 Å². The van der Waals surface area contributed by atoms with E-state index in [0.29, 0.717) is 59.2 Å². The molecule has 0 aliphatic carbocycles. The Balaban J connectivity index is 1.65. The second kappa shape index (κ2) is 8.73. The van der Waals surface area contributed by atoms with Gasteiger partial charge in [-0.05, 0) is 31.5 Å². The number of nitrogens with one attached hydrogen (secondary N) is 2. The molecule has 0 atom stereocenters. The molecule has 9 heteroatoms. The molecule has 0 spiro atoms. The highest BCUT2D eigenvalue weighted by Crippen LogP contribution is 2.25. The summed E-state index contributed by atoms with van der Waals surface area (Å²) in [4.78, 5) is 33.9. The minimum atomic E-state index is -0.240. The van der Waals surface area contributed by atoms with E-state index in [4.69, 9.17) is 27.9 Å². The van der Waals surface area contributed by atoms with Crippen molar-refractivity contribution in [2.24, 2.45) is 0 Å². The molecule has 1 saturated heterocycles. The summed E-state index contributed by atoms with van der Waals surface area (Å²) < 4.78 is 5.31. The highest BCUT2D eigenvalue weighted by Gasteiger charge is 2.17. The van der Waals surface area contributed by atoms with Crippen molar-refractivity contribution < 1.29 is 9.53 Å². The quantitative estimate of drug-likeness (QED) is 0.790. The second-order valence-electron chi connectivity index (χ2n) is 6.23. The van der Waals surface area contributed by atoms with Crippen LogP contribution in [-0.4, -0.2) is 42.2 Å². The monoisotopic (exact) mass is 410 g/mol. The van der Waals surface area contributed by atoms with E-state index < -0.39 is 0 Å². The molecule has 27 heavy (non-hydrogen) atoms. The molecule has 0 radical (unpaired) electrons. The summed E-state index contributed by atoms with van der Waals surface area (Å²) >= 11 is 11.9. The molecule has 2 N–H and O–H groups in total. The van der Waals surface area contributed by atoms with E-state index >= 15 is 0 Å². The van der Waals surface area contributed by atoms with Crippen LogP contribution >= 0.6 is 23.2 Å². The standard InChI is InChI=1S/C18H20Cl2N4O3/c1-11-13(17(26)23-18(21-11)24-6-8-27-9-7-24)3-5-16(25)22-15-4-2-12(19)10-14(15)20/h2,4,10H,3,5-9H2,1H3,(H,22,25)(H,21,23,26). The van der Waals surface area contributed by atoms with Gasteiger partial charge in [0.15, 0.2) is 0 Å². The van der Waals surface area contributed by atoms with Gasteiger partial charge in [0.1, 0.15) is 0 Å². The van der Waals surface area contributed by atoms with Crippen molar-refractivity contribution in [3.05, 3.63) is 49.9 Å². The third kappa shape index (κ3) is 5.00. The number of anilines is 2. The number of hydrogen-bond donors (Lipinski definition) is 2. The fourth-order valence-electron chi connectivity index (χ4n) is 2.86. The molecule has 3 rings (SSSR count). The number of H-pyrrole nitrogens is 1. The number of aromatic nitrogens is 2. The Labute approximate surface area is 166 Å². The Hall–Kier alpha value is -2.09. The number of carbonyl (C=O) groups excluding carboxylic acids is 1. The summed E-state index contributed by atoms with van der Waals surface area (Å²) in [5, 5.41) is 3.58. The summed E-state index contributed by atoms with van der Waals surface area (Å²) in [7, 11) is 0. The van der Waals surface area contributed by atoms with Crippen LogP contribution in [0, 0.1) is 6.92 Å². The summed E-state index contributed by atoms with van der Waals surface area (Å²) in [6, 6.07) is 4.84. The van der Waals surface area contributed by atoms with Crippen LogP contribution < -0.4 is 15.8 Å². The fourth-order valence-corrected chi connectivity index (χ4v) is 3.31. The van der Waals surface area contributed by atoms with Gasteiger partial charge >= 0.3 is 0 Å². The van der Waals surface area contributed by atoms with Gasteiger partial charge in [0.05, 0.1) is 23.9 Å². The highest BCUT2D eigenvalue weighted by atomic mass is 35.5. The molecule has 1 aromatic heterocycles. The van der Waals surface area contributed by atoms with E-state index in [0.717, 1.165) is 0 Å². The maximum Gasteiger partial charge on any atom is 0.255 e. The van der Waals surface area contributed by atoms with Gasteiger partial charge in [-0.1, -0.05) is 23.2 Å². The van der Waals surface area contributed by atoms with Crippen molar-refractivity contribution in [2.45, 2.75) is 19.8 Å². The van der Waals surface area contributed by atoms with Crippen molar-refractivity contribution in [3.8, 4) is 0 Å². The lowest BCUT2D eigenvalue weighted by Crippen LogP contribution is -2.38. The summed E-state index contributed by atoms with van der Waals surface area (Å²) in [6.45, 7) is 4.37. The van der Waals surface area contributed by atoms with Crippen molar-refractivity contribution in [3.63, 3.8) is 0 Å². The number of ether oxygens (including phenoxy) is 1. The maximum atomic E-state index is 12.4. The fraction of sp³-hybridized carbons (Fsp3) is 0.389. The van der Waals surface area contributed by atoms with Crippen molar-refractivity contribution in [1.82, 2.24) is 9.97 Å². The van der Waals surface area contributed by atoms with Crippen LogP contribution in [-0.2, 0) is 16.0 Å². The van der Waals surface area contributed by atoms with Gasteiger partial charge in [0.2, 0.25) is 11.9 Å². The molecule has 0 saturated carbocycles. The first-order valence-electron chi connectivity index (χ1n) is 8.61. The number of benzene rings is 1. The predicted octanol–water partition coefficient (Wildman–Crippen LogP) is 2.79. The van der Waals surface area contributed by atoms with Crippen LogP contribution in [0.1, 0.15) is 17.7 Å². The van der Waals surface area contributed by atoms with Crippen LogP contribution in [0.5, 0.6) is 0 Å². The van der Waals surface area contributed by atoms with Gasteiger partial charge in [-0.15, -0.1) is 0 Å². The van der Waals surface area contributed by atoms with E-state index in [1.54, 1.807) is 25.1 Å². The summed E-state index contributed by atoms with van der Waals surface area (Å²) in [5.41, 5.74) is 1.39. The Morgan fingerprint density at radius 2 is 2.07 bits per heavy atom. The van der Waals surface area contributed by atoms with E-state index in [9.17, 15) is 9.59 Å². The zero-order valence-corrected chi connectivity index (χ0v) is 16.4. The molecule has 1 aliphatic rings. The van der Waals surface area contributed by atoms with E-state index in [2.05, 4.69) is 15.3 Å². The molecule has 0 bridgehead atoms. The average Bonchev–Trinajstić information content (AvgIpc) is 2.64. The van der Waals surface area contributed by atoms with Gasteiger partial charge in [-0.25, -0.2) is 4.98 Å². The molecule has 1 aliphatic heterocycles. The highest BCUT2D eigenvalue weighted by molar-refractivity contribution is 6.36. The van der Waals surface area contributed by atoms with Gasteiger partial charge in [-0.3, -0.25) is 14.6 Å². The zero-order chi connectivity index (χ0) is 19.4. The minimum absolute atomic E-state index is 0.140. The van der Waals surface area contributed by atoms with Crippen LogP contribution in [0.2, 0.25) is 10.0 Å². The number of halogens is 2. The molecular weight excluding hydrogens is 391 g/mol. The third-order valence-corrected chi connectivity index (χ3v) is 4.88. The summed E-state index contributed by atoms with van der Waals surface area (Å²) in [6.07, 6.45) is 0.427. The molecule has 144 valence electrons. The van der Waals surface area contributed by atoms with Crippen molar-refractivity contribution >= 4 is 40.7 Å². The second-order valence-corrected chi connectivity index (χ2v) is 7.07. The number of amides is 1. The number of aryl methyl sites for hydroxylation is 1. The van der Waals surface area contributed by atoms with E-state index in [1.807, 2.05) is 4.90 Å². The molecule has 7 nitrogen and oxygen atoms in total. The minimum Gasteiger partial charge on any atom is -0.378 e. The zero-order valence-electron chi connectivity index (χ0n) is 14.8. The first-order valence-corrected chi connectivity index (χ1v) is 9.37. The molecule has 2 aromatic rings. The lowest BCUT2D eigenvalue weighted by Gasteiger charge is -2.27. The van der Waals surface area contributed by atoms with E-state index in [1.165, 1.54) is 0 Å². The number of hydrogen-bond acceptors (Lipinski definition) is 5. The first-order chi connectivity index (χ1) is 12.9. The van der Waals surface area contributed by atoms with Crippen LogP contribution in [0.4, 0.5) is 11.6 Å². The van der Waals surface area contributed by atoms with Crippen LogP contribution in [0.15, 0.2) is 23.0 Å². The Morgan fingerprint density at radius 1 is 1.33 bits per heavy atom. The van der Waals surface area contributed by atoms with Gasteiger partial charge in [0.25, 0.3) is 5.56 Å². The SMILES string of the molecule is Cc1nc(N2CCOCC2)[nH]c(=O)c1CCC(=O)Nc1ccc(Cl)cc1Cl. The molecule has 0 unspecified atom stereocenters. The Morgan fingerprint density at radius 3 is 2.74 bits per heavy atom. The molecule has 1 amide bonds. The molecule has 1 aromatic carbocycles. The lowest BCUT2D eigenvalue weighted by molar-refractivity contribution is -0.116. The molecule has 1 fully saturated rings. The molecular formula is C18H20Cl2N4O3. The predicted molar refractivity (Wildman–Crippen MR) is 106 cm³/mol. The lowest BCUT2D eigenvalue weighted by atomic mass is 10.1. The largest absolute Gasteiger partial charge is 0.378 e. The number of morpholine rings is 1. The molecule has 2 heterocycles. The third-order valence-electron chi connectivity index (χ3n) is 4.33. The first kappa shape index (κ1) is 19.7. The summed E-state index contributed by atoms with van der Waals surface area (Å²) in [5.74, 6) is 0.303. The normalized spacial score (nSPS) is 14.3. The maximum absolute atomic E-state index is 12.4. The van der Waals surface area contributed by atoms with Crippen molar-refractivity contribution in [2.75, 3.05) is 36.5 Å². The number of carbonyl (C=O) groups is 1. The smallest absolute Gasteiger partial charge is 0.255 e. The number of aromatic amines is 1. The van der Waals surface area contributed by atoms with Crippen LogP contribution in [0.3, 0.4) is 0 Å². The number of rotatable bonds is 5. The average molecular weight is 411 g/mol. The van der Waals surface area contributed by atoms with Crippen molar-refractivity contribution in [1.29, 1.82) is 0 Å². The Bertz CT molecular complexity index is 895. The van der Waals surface area contributed by atoms with Gasteiger partial charge in [0, 0.05) is 35.8 Å². The van der Waals surface area contributed by atoms with Gasteiger partial charge in [-0.2, -0.15) is 0 Å². The Kier molecular flexibility index (Phi) is 6.36. The van der Waals surface area contributed by atoms with Crippen LogP contribution in [0.25, 0.3) is 0 Å².